The Morgan fingerprint density at radius 1 is 1.11 bits per heavy atom. The van der Waals surface area contributed by atoms with E-state index in [9.17, 15) is 9.59 Å². The summed E-state index contributed by atoms with van der Waals surface area (Å²) >= 11 is 0. The highest BCUT2D eigenvalue weighted by Crippen LogP contribution is 2.34. The Bertz CT molecular complexity index is 660. The number of nitrogens with one attached hydrogen (secondary N) is 1. The van der Waals surface area contributed by atoms with E-state index in [1.165, 1.54) is 0 Å². The quantitative estimate of drug-likeness (QED) is 0.722. The van der Waals surface area contributed by atoms with E-state index < -0.39 is 5.97 Å². The van der Waals surface area contributed by atoms with Crippen LogP contribution < -0.4 is 14.8 Å². The summed E-state index contributed by atoms with van der Waals surface area (Å²) in [7, 11) is 0. The minimum Gasteiger partial charge on any atom is -0.490 e. The Balaban J connectivity index is 2.12. The lowest BCUT2D eigenvalue weighted by atomic mass is 9.95. The van der Waals surface area contributed by atoms with Crippen LogP contribution in [0, 0.1) is 5.92 Å². The Kier molecular flexibility index (Phi) is 7.47. The van der Waals surface area contributed by atoms with E-state index in [1.807, 2.05) is 45.9 Å². The van der Waals surface area contributed by atoms with Gasteiger partial charge in [0.1, 0.15) is 0 Å². The van der Waals surface area contributed by atoms with Crippen LogP contribution in [-0.2, 0) is 9.59 Å². The maximum atomic E-state index is 12.6. The number of fused-ring (bicyclic) bond motifs is 1. The number of benzene rings is 1. The zero-order valence-electron chi connectivity index (χ0n) is 16.5. The molecular weight excluding hydrogens is 348 g/mol. The van der Waals surface area contributed by atoms with E-state index in [4.69, 9.17) is 14.6 Å². The van der Waals surface area contributed by atoms with Crippen molar-refractivity contribution in [2.75, 3.05) is 26.3 Å². The number of ether oxygens (including phenoxy) is 2. The third-order valence-electron chi connectivity index (χ3n) is 4.53. The molecular formula is C20H30N2O5. The highest BCUT2D eigenvalue weighted by molar-refractivity contribution is 5.79. The van der Waals surface area contributed by atoms with Gasteiger partial charge >= 0.3 is 5.97 Å². The Morgan fingerprint density at radius 3 is 2.37 bits per heavy atom. The Labute approximate surface area is 160 Å². The normalized spacial score (nSPS) is 14.9. The molecule has 0 aliphatic carbocycles. The van der Waals surface area contributed by atoms with Gasteiger partial charge in [-0.1, -0.05) is 19.9 Å². The Morgan fingerprint density at radius 2 is 1.78 bits per heavy atom. The number of amides is 1. The van der Waals surface area contributed by atoms with Gasteiger partial charge in [0, 0.05) is 12.5 Å². The van der Waals surface area contributed by atoms with Crippen LogP contribution in [0.25, 0.3) is 0 Å². The van der Waals surface area contributed by atoms with Crippen LogP contribution >= 0.6 is 0 Å². The summed E-state index contributed by atoms with van der Waals surface area (Å²) in [5.74, 6) is 0.429. The number of aliphatic carboxylic acids is 1. The van der Waals surface area contributed by atoms with Gasteiger partial charge in [-0.05, 0) is 37.5 Å². The average molecular weight is 378 g/mol. The van der Waals surface area contributed by atoms with Crippen molar-refractivity contribution in [2.24, 2.45) is 5.92 Å². The third-order valence-corrected chi connectivity index (χ3v) is 4.53. The van der Waals surface area contributed by atoms with Gasteiger partial charge in [-0.25, -0.2) is 0 Å². The second-order valence-electron chi connectivity index (χ2n) is 7.44. The van der Waals surface area contributed by atoms with Gasteiger partial charge in [0.05, 0.1) is 32.3 Å². The zero-order chi connectivity index (χ0) is 20.0. The first-order valence-corrected chi connectivity index (χ1v) is 9.42. The first kappa shape index (κ1) is 21.0. The van der Waals surface area contributed by atoms with Gasteiger partial charge in [0.15, 0.2) is 11.5 Å². The van der Waals surface area contributed by atoms with Crippen LogP contribution in [0.1, 0.15) is 45.7 Å². The molecule has 1 aromatic rings. The number of carbonyl (C=O) groups is 2. The number of hydrogen-bond acceptors (Lipinski definition) is 5. The molecule has 1 aromatic carbocycles. The molecule has 150 valence electrons. The van der Waals surface area contributed by atoms with Gasteiger partial charge in [-0.2, -0.15) is 0 Å². The van der Waals surface area contributed by atoms with Crippen molar-refractivity contribution in [3.63, 3.8) is 0 Å². The van der Waals surface area contributed by atoms with Crippen molar-refractivity contribution < 1.29 is 24.2 Å². The van der Waals surface area contributed by atoms with Gasteiger partial charge in [-0.15, -0.1) is 0 Å². The molecule has 1 aliphatic rings. The van der Waals surface area contributed by atoms with E-state index in [0.29, 0.717) is 19.0 Å². The molecule has 0 radical (unpaired) electrons. The molecule has 0 fully saturated rings. The Hall–Kier alpha value is -2.28. The predicted octanol–water partition coefficient (Wildman–Crippen LogP) is 2.46. The number of rotatable bonds is 8. The van der Waals surface area contributed by atoms with Gasteiger partial charge in [0.25, 0.3) is 0 Å². The van der Waals surface area contributed by atoms with Crippen LogP contribution in [-0.4, -0.2) is 54.2 Å². The molecule has 2 rings (SSSR count). The number of carboxylic acid groups (broad SMARTS) is 1. The van der Waals surface area contributed by atoms with Gasteiger partial charge < -0.3 is 19.9 Å². The summed E-state index contributed by atoms with van der Waals surface area (Å²) in [4.78, 5) is 25.2. The first-order chi connectivity index (χ1) is 12.8. The largest absolute Gasteiger partial charge is 0.490 e. The topological polar surface area (TPSA) is 88.1 Å². The van der Waals surface area contributed by atoms with Crippen molar-refractivity contribution in [3.8, 4) is 11.5 Å². The maximum Gasteiger partial charge on any atom is 0.317 e. The van der Waals surface area contributed by atoms with Crippen LogP contribution in [0.5, 0.6) is 11.5 Å². The highest BCUT2D eigenvalue weighted by Gasteiger charge is 2.23. The van der Waals surface area contributed by atoms with E-state index in [1.54, 1.807) is 4.90 Å². The minimum absolute atomic E-state index is 0.0394. The second kappa shape index (κ2) is 9.60. The molecule has 0 saturated heterocycles. The molecule has 27 heavy (non-hydrogen) atoms. The van der Waals surface area contributed by atoms with Crippen LogP contribution in [0.3, 0.4) is 0 Å². The van der Waals surface area contributed by atoms with Crippen LogP contribution in [0.15, 0.2) is 18.2 Å². The average Bonchev–Trinajstić information content (AvgIpc) is 2.83. The standard InChI is InChI=1S/C20H30N2O5/c1-13(2)20(21-18(23)11-22(14(3)4)12-19(24)25)15-6-7-16-17(10-15)27-9-5-8-26-16/h6-7,10,13-14,20H,5,8-9,11-12H2,1-4H3,(H,21,23)(H,24,25). The van der Waals surface area contributed by atoms with Crippen LogP contribution in [0.4, 0.5) is 0 Å². The lowest BCUT2D eigenvalue weighted by Crippen LogP contribution is -2.44. The van der Waals surface area contributed by atoms with E-state index in [2.05, 4.69) is 5.32 Å². The number of nitrogens with zero attached hydrogens (tertiary/aromatic N) is 1. The van der Waals surface area contributed by atoms with E-state index in [-0.39, 0.29) is 37.0 Å². The summed E-state index contributed by atoms with van der Waals surface area (Å²) in [6.45, 7) is 8.93. The second-order valence-corrected chi connectivity index (χ2v) is 7.44. The van der Waals surface area contributed by atoms with Gasteiger partial charge in [-0.3, -0.25) is 14.5 Å². The molecule has 7 nitrogen and oxygen atoms in total. The molecule has 7 heteroatoms. The van der Waals surface area contributed by atoms with Crippen LogP contribution in [0.2, 0.25) is 0 Å². The lowest BCUT2D eigenvalue weighted by Gasteiger charge is -2.27. The fraction of sp³-hybridized carbons (Fsp3) is 0.600. The third kappa shape index (κ3) is 6.13. The first-order valence-electron chi connectivity index (χ1n) is 9.42. The number of hydrogen-bond donors (Lipinski definition) is 2. The summed E-state index contributed by atoms with van der Waals surface area (Å²) in [5, 5.41) is 12.1. The number of carboxylic acids is 1. The molecule has 0 spiro atoms. The smallest absolute Gasteiger partial charge is 0.317 e. The summed E-state index contributed by atoms with van der Waals surface area (Å²) in [6.07, 6.45) is 0.836. The predicted molar refractivity (Wildman–Crippen MR) is 102 cm³/mol. The molecule has 1 heterocycles. The van der Waals surface area contributed by atoms with E-state index >= 15 is 0 Å². The summed E-state index contributed by atoms with van der Waals surface area (Å²) < 4.78 is 11.4. The molecule has 0 saturated carbocycles. The molecule has 0 aromatic heterocycles. The van der Waals surface area contributed by atoms with Crippen molar-refractivity contribution in [1.82, 2.24) is 10.2 Å². The molecule has 2 N–H and O–H groups in total. The highest BCUT2D eigenvalue weighted by atomic mass is 16.5. The number of carbonyl (C=O) groups excluding carboxylic acids is 1. The monoisotopic (exact) mass is 378 g/mol. The fourth-order valence-corrected chi connectivity index (χ4v) is 3.01. The van der Waals surface area contributed by atoms with E-state index in [0.717, 1.165) is 17.7 Å². The van der Waals surface area contributed by atoms with Gasteiger partial charge in [0.2, 0.25) is 5.91 Å². The summed E-state index contributed by atoms with van der Waals surface area (Å²) in [5.41, 5.74) is 0.942. The van der Waals surface area contributed by atoms with Crippen molar-refractivity contribution >= 4 is 11.9 Å². The molecule has 1 aliphatic heterocycles. The SMILES string of the molecule is CC(C)C(NC(=O)CN(CC(=O)O)C(C)C)c1ccc2c(c1)OCCCO2. The molecule has 1 unspecified atom stereocenters. The molecule has 1 amide bonds. The maximum absolute atomic E-state index is 12.6. The fourth-order valence-electron chi connectivity index (χ4n) is 3.01. The minimum atomic E-state index is -0.945. The van der Waals surface area contributed by atoms with Crippen molar-refractivity contribution in [3.05, 3.63) is 23.8 Å². The summed E-state index contributed by atoms with van der Waals surface area (Å²) in [6, 6.07) is 5.50. The lowest BCUT2D eigenvalue weighted by molar-refractivity contribution is -0.139. The van der Waals surface area contributed by atoms with Crippen molar-refractivity contribution in [2.45, 2.75) is 46.2 Å². The molecule has 1 atom stereocenters. The zero-order valence-corrected chi connectivity index (χ0v) is 16.5. The molecule has 0 bridgehead atoms. The van der Waals surface area contributed by atoms with Crippen molar-refractivity contribution in [1.29, 1.82) is 0 Å².